The summed E-state index contributed by atoms with van der Waals surface area (Å²) in [4.78, 5) is 50.8. The zero-order valence-electron chi connectivity index (χ0n) is 19.9. The lowest BCUT2D eigenvalue weighted by molar-refractivity contribution is -0.122. The lowest BCUT2D eigenvalue weighted by Crippen LogP contribution is -2.54. The standard InChI is InChI=1S/C27H22BrN3O6/c1-15-3-9-22(16(2)11-15)29-24(33)14-37-23-10-4-17(13-21(23)28)12-20-25(34)30-27(36)31(26(20)35)18-5-7-19(32)8-6-18/h3-13,32H,14H2,1-2H3,(H,29,33)(H,30,34,36)/b20-12-. The second-order valence-electron chi connectivity index (χ2n) is 8.32. The molecule has 0 spiro atoms. The molecule has 5 amide bonds. The van der Waals surface area contributed by atoms with Crippen LogP contribution in [-0.2, 0) is 14.4 Å². The summed E-state index contributed by atoms with van der Waals surface area (Å²) in [5.74, 6) is -1.61. The van der Waals surface area contributed by atoms with Gasteiger partial charge >= 0.3 is 6.03 Å². The van der Waals surface area contributed by atoms with Crippen molar-refractivity contribution in [2.45, 2.75) is 13.8 Å². The zero-order valence-corrected chi connectivity index (χ0v) is 21.5. The molecule has 0 atom stereocenters. The number of rotatable bonds is 6. The second-order valence-corrected chi connectivity index (χ2v) is 9.17. The first-order valence-corrected chi connectivity index (χ1v) is 11.9. The lowest BCUT2D eigenvalue weighted by Gasteiger charge is -2.26. The number of anilines is 2. The third-order valence-corrected chi connectivity index (χ3v) is 6.11. The van der Waals surface area contributed by atoms with Gasteiger partial charge in [-0.3, -0.25) is 19.7 Å². The maximum Gasteiger partial charge on any atom is 0.335 e. The van der Waals surface area contributed by atoms with E-state index in [0.717, 1.165) is 16.0 Å². The van der Waals surface area contributed by atoms with Crippen LogP contribution in [0.5, 0.6) is 11.5 Å². The Kier molecular flexibility index (Phi) is 7.40. The number of halogens is 1. The largest absolute Gasteiger partial charge is 0.508 e. The highest BCUT2D eigenvalue weighted by Crippen LogP contribution is 2.29. The first-order valence-electron chi connectivity index (χ1n) is 11.1. The summed E-state index contributed by atoms with van der Waals surface area (Å²) < 4.78 is 6.12. The number of aryl methyl sites for hydroxylation is 2. The molecule has 1 saturated heterocycles. The Morgan fingerprint density at radius 2 is 1.78 bits per heavy atom. The van der Waals surface area contributed by atoms with Gasteiger partial charge in [0.05, 0.1) is 10.2 Å². The Bertz CT molecular complexity index is 1450. The monoisotopic (exact) mass is 563 g/mol. The summed E-state index contributed by atoms with van der Waals surface area (Å²) in [5, 5.41) is 14.4. The van der Waals surface area contributed by atoms with Gasteiger partial charge in [0.1, 0.15) is 17.1 Å². The van der Waals surface area contributed by atoms with Crippen LogP contribution in [0, 0.1) is 13.8 Å². The fraction of sp³-hybridized carbons (Fsp3) is 0.111. The summed E-state index contributed by atoms with van der Waals surface area (Å²) in [7, 11) is 0. The maximum absolute atomic E-state index is 13.0. The topological polar surface area (TPSA) is 125 Å². The second kappa shape index (κ2) is 10.7. The molecule has 3 N–H and O–H groups in total. The number of imide groups is 2. The van der Waals surface area contributed by atoms with Crippen molar-refractivity contribution in [3.05, 3.63) is 87.4 Å². The number of hydrogen-bond acceptors (Lipinski definition) is 6. The van der Waals surface area contributed by atoms with Gasteiger partial charge < -0.3 is 15.2 Å². The number of phenols is 1. The number of barbiturate groups is 1. The van der Waals surface area contributed by atoms with Crippen molar-refractivity contribution < 1.29 is 29.0 Å². The molecule has 0 unspecified atom stereocenters. The summed E-state index contributed by atoms with van der Waals surface area (Å²) in [5.41, 5.74) is 3.17. The third-order valence-electron chi connectivity index (χ3n) is 5.49. The van der Waals surface area contributed by atoms with Gasteiger partial charge in [-0.1, -0.05) is 23.8 Å². The van der Waals surface area contributed by atoms with Gasteiger partial charge in [0.25, 0.3) is 17.7 Å². The quantitative estimate of drug-likeness (QED) is 0.300. The van der Waals surface area contributed by atoms with Crippen LogP contribution >= 0.6 is 15.9 Å². The van der Waals surface area contributed by atoms with E-state index in [-0.39, 0.29) is 29.5 Å². The molecule has 1 aliphatic rings. The molecule has 10 heteroatoms. The molecular weight excluding hydrogens is 542 g/mol. The zero-order chi connectivity index (χ0) is 26.7. The van der Waals surface area contributed by atoms with E-state index in [9.17, 15) is 24.3 Å². The van der Waals surface area contributed by atoms with Crippen molar-refractivity contribution in [3.8, 4) is 11.5 Å². The number of phenolic OH excluding ortho intramolecular Hbond substituents is 1. The number of amides is 5. The Morgan fingerprint density at radius 3 is 2.46 bits per heavy atom. The number of benzene rings is 3. The molecule has 3 aromatic rings. The lowest BCUT2D eigenvalue weighted by atomic mass is 10.1. The van der Waals surface area contributed by atoms with Crippen molar-refractivity contribution in [2.75, 3.05) is 16.8 Å². The number of urea groups is 1. The van der Waals surface area contributed by atoms with Crippen LogP contribution in [0.2, 0.25) is 0 Å². The normalized spacial score (nSPS) is 14.5. The number of hydrogen-bond donors (Lipinski definition) is 3. The van der Waals surface area contributed by atoms with Gasteiger partial charge in [0.2, 0.25) is 0 Å². The first kappa shape index (κ1) is 25.6. The smallest absolute Gasteiger partial charge is 0.335 e. The van der Waals surface area contributed by atoms with E-state index >= 15 is 0 Å². The van der Waals surface area contributed by atoms with Gasteiger partial charge in [-0.05, 0) is 89.4 Å². The van der Waals surface area contributed by atoms with E-state index in [1.54, 1.807) is 18.2 Å². The number of carbonyl (C=O) groups is 4. The molecule has 188 valence electrons. The minimum absolute atomic E-state index is 0.0321. The van der Waals surface area contributed by atoms with E-state index in [4.69, 9.17) is 4.74 Å². The van der Waals surface area contributed by atoms with Crippen LogP contribution in [-0.4, -0.2) is 35.5 Å². The molecule has 4 rings (SSSR count). The third kappa shape index (κ3) is 5.87. The molecular formula is C27H22BrN3O6. The maximum atomic E-state index is 13.0. The van der Waals surface area contributed by atoms with Crippen molar-refractivity contribution >= 4 is 57.1 Å². The predicted octanol–water partition coefficient (Wildman–Crippen LogP) is 4.46. The molecule has 0 radical (unpaired) electrons. The van der Waals surface area contributed by atoms with Crippen LogP contribution < -0.4 is 20.3 Å². The first-order chi connectivity index (χ1) is 17.6. The Balaban J connectivity index is 1.47. The van der Waals surface area contributed by atoms with Crippen LogP contribution in [0.4, 0.5) is 16.2 Å². The van der Waals surface area contributed by atoms with E-state index in [1.165, 1.54) is 30.3 Å². The summed E-state index contributed by atoms with van der Waals surface area (Å²) >= 11 is 3.38. The van der Waals surface area contributed by atoms with Gasteiger partial charge in [0.15, 0.2) is 6.61 Å². The van der Waals surface area contributed by atoms with E-state index in [2.05, 4.69) is 26.6 Å². The highest BCUT2D eigenvalue weighted by Gasteiger charge is 2.36. The van der Waals surface area contributed by atoms with Crippen molar-refractivity contribution in [1.29, 1.82) is 0 Å². The fourth-order valence-corrected chi connectivity index (χ4v) is 4.18. The Hall–Kier alpha value is -4.44. The van der Waals surface area contributed by atoms with Crippen molar-refractivity contribution in [3.63, 3.8) is 0 Å². The number of aromatic hydroxyl groups is 1. The molecule has 1 aliphatic heterocycles. The number of ether oxygens (including phenoxy) is 1. The summed E-state index contributed by atoms with van der Waals surface area (Å²) in [6.07, 6.45) is 1.35. The van der Waals surface area contributed by atoms with Crippen molar-refractivity contribution in [1.82, 2.24) is 5.32 Å². The van der Waals surface area contributed by atoms with Gasteiger partial charge in [-0.25, -0.2) is 9.69 Å². The summed E-state index contributed by atoms with van der Waals surface area (Å²) in [6.45, 7) is 3.65. The van der Waals surface area contributed by atoms with E-state index < -0.39 is 17.8 Å². The van der Waals surface area contributed by atoms with Gasteiger partial charge in [-0.15, -0.1) is 0 Å². The molecule has 37 heavy (non-hydrogen) atoms. The SMILES string of the molecule is Cc1ccc(NC(=O)COc2ccc(/C=C3/C(=O)NC(=O)N(c4ccc(O)cc4)C3=O)cc2Br)c(C)c1. The average Bonchev–Trinajstić information content (AvgIpc) is 2.84. The van der Waals surface area contributed by atoms with E-state index in [1.807, 2.05) is 32.0 Å². The highest BCUT2D eigenvalue weighted by molar-refractivity contribution is 9.10. The minimum atomic E-state index is -0.887. The van der Waals surface area contributed by atoms with Gasteiger partial charge in [-0.2, -0.15) is 0 Å². The molecule has 3 aromatic carbocycles. The molecule has 1 fully saturated rings. The molecule has 0 saturated carbocycles. The highest BCUT2D eigenvalue weighted by atomic mass is 79.9. The molecule has 9 nitrogen and oxygen atoms in total. The van der Waals surface area contributed by atoms with Crippen LogP contribution in [0.15, 0.2) is 70.7 Å². The minimum Gasteiger partial charge on any atom is -0.508 e. The van der Waals surface area contributed by atoms with Gasteiger partial charge in [0, 0.05) is 5.69 Å². The number of nitrogens with zero attached hydrogens (tertiary/aromatic N) is 1. The Labute approximate surface area is 220 Å². The fourth-order valence-electron chi connectivity index (χ4n) is 3.67. The predicted molar refractivity (Wildman–Crippen MR) is 141 cm³/mol. The van der Waals surface area contributed by atoms with Crippen molar-refractivity contribution in [2.24, 2.45) is 0 Å². The number of carbonyl (C=O) groups excluding carboxylic acids is 4. The van der Waals surface area contributed by atoms with Crippen LogP contribution in [0.1, 0.15) is 16.7 Å². The molecule has 0 aliphatic carbocycles. The molecule has 1 heterocycles. The van der Waals surface area contributed by atoms with Crippen LogP contribution in [0.25, 0.3) is 6.08 Å². The summed E-state index contributed by atoms with van der Waals surface area (Å²) in [6, 6.07) is 15.1. The van der Waals surface area contributed by atoms with E-state index in [0.29, 0.717) is 21.5 Å². The average molecular weight is 564 g/mol. The molecule has 0 bridgehead atoms. The number of nitrogens with one attached hydrogen (secondary N) is 2. The van der Waals surface area contributed by atoms with Crippen LogP contribution in [0.3, 0.4) is 0 Å². The molecule has 0 aromatic heterocycles. The Morgan fingerprint density at radius 1 is 1.05 bits per heavy atom.